The van der Waals surface area contributed by atoms with Crippen LogP contribution in [0.5, 0.6) is 0 Å². The van der Waals surface area contributed by atoms with Gasteiger partial charge < -0.3 is 25.8 Å². The highest BCUT2D eigenvalue weighted by molar-refractivity contribution is 5.83. The van der Waals surface area contributed by atoms with E-state index in [1.54, 1.807) is 20.8 Å². The quantitative estimate of drug-likeness (QED) is 0.481. The Bertz CT molecular complexity index is 538. The molecule has 0 aromatic heterocycles. The molecule has 1 fully saturated rings. The second-order valence-electron chi connectivity index (χ2n) is 8.80. The van der Waals surface area contributed by atoms with E-state index < -0.39 is 29.7 Å². The maximum atomic E-state index is 12.2. The molecule has 156 valence electrons. The van der Waals surface area contributed by atoms with Gasteiger partial charge in [0.15, 0.2) is 6.10 Å². The summed E-state index contributed by atoms with van der Waals surface area (Å²) >= 11 is 0. The van der Waals surface area contributed by atoms with Crippen LogP contribution < -0.4 is 16.0 Å². The van der Waals surface area contributed by atoms with E-state index in [0.29, 0.717) is 0 Å². The molecule has 0 saturated heterocycles. The molecule has 1 saturated carbocycles. The number of hydrogen-bond acceptors (Lipinski definition) is 5. The average molecular weight is 386 g/mol. The molecular formula is C19H35N3O5. The van der Waals surface area contributed by atoms with Crippen molar-refractivity contribution in [1.82, 2.24) is 16.0 Å². The molecule has 3 amide bonds. The van der Waals surface area contributed by atoms with Crippen molar-refractivity contribution < 1.29 is 24.2 Å². The minimum atomic E-state index is -1.45. The average Bonchev–Trinajstić information content (AvgIpc) is 3.32. The van der Waals surface area contributed by atoms with E-state index in [-0.39, 0.29) is 30.3 Å². The van der Waals surface area contributed by atoms with Crippen LogP contribution in [0, 0.1) is 0 Å². The molecule has 1 rings (SSSR count). The number of amides is 3. The molecule has 8 heteroatoms. The van der Waals surface area contributed by atoms with E-state index in [4.69, 9.17) is 4.74 Å². The van der Waals surface area contributed by atoms with Gasteiger partial charge in [0.05, 0.1) is 6.04 Å². The maximum absolute atomic E-state index is 12.2. The number of carbonyl (C=O) groups excluding carboxylic acids is 3. The third-order valence-electron chi connectivity index (χ3n) is 4.32. The normalized spacial score (nSPS) is 16.9. The maximum Gasteiger partial charge on any atom is 0.407 e. The highest BCUT2D eigenvalue weighted by atomic mass is 16.6. The Morgan fingerprint density at radius 3 is 2.22 bits per heavy atom. The Labute approximate surface area is 161 Å². The van der Waals surface area contributed by atoms with Crippen molar-refractivity contribution in [2.45, 2.75) is 103 Å². The van der Waals surface area contributed by atoms with Crippen LogP contribution in [0.25, 0.3) is 0 Å². The van der Waals surface area contributed by atoms with Crippen molar-refractivity contribution in [3.63, 3.8) is 0 Å². The SMILES string of the molecule is CCC(C)(C)NC(=O)CC[C@H](NC(=O)OC(C)(C)C)C(O)C(=O)NC1CC1. The summed E-state index contributed by atoms with van der Waals surface area (Å²) in [4.78, 5) is 36.4. The Morgan fingerprint density at radius 1 is 1.15 bits per heavy atom. The smallest absolute Gasteiger partial charge is 0.407 e. The number of rotatable bonds is 9. The zero-order valence-corrected chi connectivity index (χ0v) is 17.3. The molecule has 27 heavy (non-hydrogen) atoms. The van der Waals surface area contributed by atoms with E-state index in [0.717, 1.165) is 19.3 Å². The van der Waals surface area contributed by atoms with Gasteiger partial charge in [0.2, 0.25) is 5.91 Å². The summed E-state index contributed by atoms with van der Waals surface area (Å²) < 4.78 is 5.20. The van der Waals surface area contributed by atoms with Crippen molar-refractivity contribution >= 4 is 17.9 Å². The van der Waals surface area contributed by atoms with Gasteiger partial charge in [0.25, 0.3) is 5.91 Å². The topological polar surface area (TPSA) is 117 Å². The zero-order chi connectivity index (χ0) is 20.8. The Morgan fingerprint density at radius 2 is 1.74 bits per heavy atom. The molecule has 0 bridgehead atoms. The second kappa shape index (κ2) is 9.39. The van der Waals surface area contributed by atoms with Crippen LogP contribution in [0.4, 0.5) is 4.79 Å². The first kappa shape index (κ1) is 23.2. The number of aliphatic hydroxyl groups is 1. The lowest BCUT2D eigenvalue weighted by Gasteiger charge is -2.27. The van der Waals surface area contributed by atoms with Crippen molar-refractivity contribution in [3.05, 3.63) is 0 Å². The lowest BCUT2D eigenvalue weighted by Crippen LogP contribution is -2.52. The third-order valence-corrected chi connectivity index (χ3v) is 4.32. The molecular weight excluding hydrogens is 350 g/mol. The van der Waals surface area contributed by atoms with Gasteiger partial charge in [-0.3, -0.25) is 9.59 Å². The van der Waals surface area contributed by atoms with Crippen LogP contribution in [0.3, 0.4) is 0 Å². The largest absolute Gasteiger partial charge is 0.444 e. The standard InChI is InChI=1S/C19H35N3O5/c1-7-19(5,6)22-14(23)11-10-13(21-17(26)27-18(2,3)4)15(24)16(25)20-12-8-9-12/h12-13,15,24H,7-11H2,1-6H3,(H,20,25)(H,21,26)(H,22,23)/t13-,15?/m0/s1. The summed E-state index contributed by atoms with van der Waals surface area (Å²) in [5.74, 6) is -0.750. The van der Waals surface area contributed by atoms with Crippen LogP contribution in [0.2, 0.25) is 0 Å². The molecule has 0 spiro atoms. The summed E-state index contributed by atoms with van der Waals surface area (Å²) in [5.41, 5.74) is -1.05. The molecule has 0 aromatic carbocycles. The number of carbonyl (C=O) groups is 3. The molecule has 1 unspecified atom stereocenters. The molecule has 0 aliphatic heterocycles. The molecule has 0 aromatic rings. The second-order valence-corrected chi connectivity index (χ2v) is 8.80. The lowest BCUT2D eigenvalue weighted by molar-refractivity contribution is -0.131. The van der Waals surface area contributed by atoms with Gasteiger partial charge in [-0.05, 0) is 60.3 Å². The lowest BCUT2D eigenvalue weighted by atomic mass is 10.0. The summed E-state index contributed by atoms with van der Waals surface area (Å²) in [6, 6.07) is -0.836. The van der Waals surface area contributed by atoms with E-state index >= 15 is 0 Å². The van der Waals surface area contributed by atoms with E-state index in [1.165, 1.54) is 0 Å². The predicted molar refractivity (Wildman–Crippen MR) is 102 cm³/mol. The molecule has 8 nitrogen and oxygen atoms in total. The fourth-order valence-corrected chi connectivity index (χ4v) is 2.28. The van der Waals surface area contributed by atoms with Crippen molar-refractivity contribution in [2.75, 3.05) is 0 Å². The number of aliphatic hydroxyl groups excluding tert-OH is 1. The van der Waals surface area contributed by atoms with Gasteiger partial charge in [-0.15, -0.1) is 0 Å². The number of ether oxygens (including phenoxy) is 1. The van der Waals surface area contributed by atoms with Gasteiger partial charge >= 0.3 is 6.09 Å². The van der Waals surface area contributed by atoms with Gasteiger partial charge in [0, 0.05) is 18.0 Å². The molecule has 0 radical (unpaired) electrons. The Balaban J connectivity index is 2.69. The van der Waals surface area contributed by atoms with Gasteiger partial charge in [-0.25, -0.2) is 4.79 Å². The summed E-state index contributed by atoms with van der Waals surface area (Å²) in [7, 11) is 0. The van der Waals surface area contributed by atoms with Crippen LogP contribution in [-0.2, 0) is 14.3 Å². The van der Waals surface area contributed by atoms with Crippen LogP contribution >= 0.6 is 0 Å². The Kier molecular flexibility index (Phi) is 8.07. The van der Waals surface area contributed by atoms with Crippen LogP contribution in [0.1, 0.15) is 73.6 Å². The molecule has 2 atom stereocenters. The van der Waals surface area contributed by atoms with Gasteiger partial charge in [0.1, 0.15) is 5.60 Å². The molecule has 1 aliphatic rings. The summed E-state index contributed by atoms with van der Waals surface area (Å²) in [6.45, 7) is 11.0. The summed E-state index contributed by atoms with van der Waals surface area (Å²) in [5, 5.41) is 18.5. The fourth-order valence-electron chi connectivity index (χ4n) is 2.28. The molecule has 0 heterocycles. The van der Waals surface area contributed by atoms with Crippen molar-refractivity contribution in [3.8, 4) is 0 Å². The van der Waals surface area contributed by atoms with Gasteiger partial charge in [-0.2, -0.15) is 0 Å². The highest BCUT2D eigenvalue weighted by Crippen LogP contribution is 2.19. The first-order chi connectivity index (χ1) is 12.3. The van der Waals surface area contributed by atoms with E-state index in [9.17, 15) is 19.5 Å². The van der Waals surface area contributed by atoms with E-state index in [1.807, 2.05) is 20.8 Å². The first-order valence-electron chi connectivity index (χ1n) is 9.62. The third kappa shape index (κ3) is 9.60. The minimum Gasteiger partial charge on any atom is -0.444 e. The highest BCUT2D eigenvalue weighted by Gasteiger charge is 2.33. The summed E-state index contributed by atoms with van der Waals surface area (Å²) in [6.07, 6.45) is 0.533. The zero-order valence-electron chi connectivity index (χ0n) is 17.3. The predicted octanol–water partition coefficient (Wildman–Crippen LogP) is 1.60. The van der Waals surface area contributed by atoms with Crippen molar-refractivity contribution in [1.29, 1.82) is 0 Å². The first-order valence-corrected chi connectivity index (χ1v) is 9.62. The van der Waals surface area contributed by atoms with Crippen molar-refractivity contribution in [2.24, 2.45) is 0 Å². The molecule has 4 N–H and O–H groups in total. The number of nitrogens with one attached hydrogen (secondary N) is 3. The monoisotopic (exact) mass is 385 g/mol. The minimum absolute atomic E-state index is 0.0671. The van der Waals surface area contributed by atoms with E-state index in [2.05, 4.69) is 16.0 Å². The molecule has 1 aliphatic carbocycles. The number of alkyl carbamates (subject to hydrolysis) is 1. The Hall–Kier alpha value is -1.83. The van der Waals surface area contributed by atoms with Gasteiger partial charge in [-0.1, -0.05) is 6.92 Å². The van der Waals surface area contributed by atoms with Crippen LogP contribution in [-0.4, -0.2) is 52.3 Å². The fraction of sp³-hybridized carbons (Fsp3) is 0.842. The van der Waals surface area contributed by atoms with Crippen LogP contribution in [0.15, 0.2) is 0 Å². The number of hydrogen-bond donors (Lipinski definition) is 4.